The molecule has 0 aromatic carbocycles. The smallest absolute Gasteiger partial charge is 0.423 e. The first kappa shape index (κ1) is 18.2. The lowest BCUT2D eigenvalue weighted by Crippen LogP contribution is -2.39. The van der Waals surface area contributed by atoms with Crippen molar-refractivity contribution in [3.63, 3.8) is 0 Å². The van der Waals surface area contributed by atoms with Crippen LogP contribution in [-0.4, -0.2) is 38.2 Å². The van der Waals surface area contributed by atoms with Crippen LogP contribution in [0.25, 0.3) is 0 Å². The quantitative estimate of drug-likeness (QED) is 0.701. The van der Waals surface area contributed by atoms with Gasteiger partial charge in [0.1, 0.15) is 6.07 Å². The molecule has 1 rings (SSSR count). The first-order valence-electron chi connectivity index (χ1n) is 6.32. The van der Waals surface area contributed by atoms with Gasteiger partial charge in [-0.2, -0.15) is 13.7 Å². The van der Waals surface area contributed by atoms with Gasteiger partial charge in [0.05, 0.1) is 12.2 Å². The maximum Gasteiger partial charge on any atom is 0.423 e. The number of anilines is 1. The van der Waals surface area contributed by atoms with Gasteiger partial charge in [0, 0.05) is 6.20 Å². The monoisotopic (exact) mass is 342 g/mol. The summed E-state index contributed by atoms with van der Waals surface area (Å²) in [4.78, 5) is 26.4. The van der Waals surface area contributed by atoms with Gasteiger partial charge in [-0.25, -0.2) is 24.0 Å². The van der Waals surface area contributed by atoms with Crippen molar-refractivity contribution in [3.8, 4) is 6.07 Å². The van der Waals surface area contributed by atoms with Crippen LogP contribution >= 0.6 is 0 Å². The van der Waals surface area contributed by atoms with Gasteiger partial charge in [0.15, 0.2) is 11.9 Å². The number of aromatic nitrogens is 1. The number of esters is 1. The third-order valence-corrected chi connectivity index (χ3v) is 3.18. The number of carbonyl (C=O) groups is 2. The van der Waals surface area contributed by atoms with Crippen LogP contribution in [0, 0.1) is 11.3 Å². The van der Waals surface area contributed by atoms with Gasteiger partial charge in [-0.1, -0.05) is 0 Å². The Morgan fingerprint density at radius 3 is 2.78 bits per heavy atom. The molecule has 1 amide bonds. The van der Waals surface area contributed by atoms with E-state index in [0.29, 0.717) is 0 Å². The summed E-state index contributed by atoms with van der Waals surface area (Å²) in [5.74, 6) is -1.07. The van der Waals surface area contributed by atoms with E-state index in [1.165, 1.54) is 30.0 Å². The van der Waals surface area contributed by atoms with Crippen LogP contribution in [-0.2, 0) is 24.5 Å². The average molecular weight is 342 g/mol. The van der Waals surface area contributed by atoms with Crippen LogP contribution in [0.2, 0.25) is 0 Å². The summed E-state index contributed by atoms with van der Waals surface area (Å²) in [6.07, 6.45) is -1.40. The fourth-order valence-corrected chi connectivity index (χ4v) is 2.07. The summed E-state index contributed by atoms with van der Waals surface area (Å²) in [6, 6.07) is 4.52. The molecular formula is C12H14N4O6S. The molecule has 0 radical (unpaired) electrons. The fraction of sp³-hybridized carbons (Fsp3) is 0.333. The highest BCUT2D eigenvalue weighted by molar-refractivity contribution is 7.91. The molecule has 2 N–H and O–H groups in total. The minimum atomic E-state index is -4.39. The van der Waals surface area contributed by atoms with Gasteiger partial charge >= 0.3 is 22.3 Å². The zero-order chi connectivity index (χ0) is 17.5. The molecule has 1 aromatic heterocycles. The molecule has 1 unspecified atom stereocenters. The van der Waals surface area contributed by atoms with Crippen LogP contribution in [0.1, 0.15) is 19.4 Å². The molecule has 23 heavy (non-hydrogen) atoms. The van der Waals surface area contributed by atoms with Crippen LogP contribution in [0.4, 0.5) is 10.6 Å². The predicted molar refractivity (Wildman–Crippen MR) is 77.2 cm³/mol. The van der Waals surface area contributed by atoms with Crippen molar-refractivity contribution in [1.29, 1.82) is 5.26 Å². The van der Waals surface area contributed by atoms with Gasteiger partial charge < -0.3 is 9.47 Å². The van der Waals surface area contributed by atoms with Crippen molar-refractivity contribution in [1.82, 2.24) is 9.71 Å². The highest BCUT2D eigenvalue weighted by Gasteiger charge is 2.23. The summed E-state index contributed by atoms with van der Waals surface area (Å²) < 4.78 is 36.1. The molecule has 0 spiro atoms. The second kappa shape index (κ2) is 7.95. The molecule has 0 aliphatic carbocycles. The summed E-state index contributed by atoms with van der Waals surface area (Å²) >= 11 is 0. The van der Waals surface area contributed by atoms with E-state index < -0.39 is 28.4 Å². The Morgan fingerprint density at radius 2 is 2.17 bits per heavy atom. The molecule has 10 nitrogen and oxygen atoms in total. The summed E-state index contributed by atoms with van der Waals surface area (Å²) in [5.41, 5.74) is -0.0360. The number of hydrogen-bond donors (Lipinski definition) is 2. The van der Waals surface area contributed by atoms with Crippen LogP contribution in [0.5, 0.6) is 0 Å². The number of carbonyl (C=O) groups excluding carboxylic acids is 2. The molecule has 0 saturated heterocycles. The van der Waals surface area contributed by atoms with E-state index in [2.05, 4.69) is 14.5 Å². The highest BCUT2D eigenvalue weighted by Crippen LogP contribution is 2.10. The third-order valence-electron chi connectivity index (χ3n) is 2.28. The van der Waals surface area contributed by atoms with E-state index in [-0.39, 0.29) is 18.0 Å². The van der Waals surface area contributed by atoms with Crippen molar-refractivity contribution in [2.75, 3.05) is 11.3 Å². The predicted octanol–water partition coefficient (Wildman–Crippen LogP) is 0.288. The van der Waals surface area contributed by atoms with Crippen LogP contribution < -0.4 is 9.44 Å². The Balaban J connectivity index is 2.70. The second-order valence-corrected chi connectivity index (χ2v) is 5.43. The van der Waals surface area contributed by atoms with E-state index in [1.807, 2.05) is 4.72 Å². The number of rotatable bonds is 6. The van der Waals surface area contributed by atoms with Crippen molar-refractivity contribution >= 4 is 28.1 Å². The van der Waals surface area contributed by atoms with Gasteiger partial charge in [0.2, 0.25) is 0 Å². The number of nitrogens with zero attached hydrogens (tertiary/aromatic N) is 2. The average Bonchev–Trinajstić information content (AvgIpc) is 2.46. The van der Waals surface area contributed by atoms with E-state index in [9.17, 15) is 18.0 Å². The Morgan fingerprint density at radius 1 is 1.48 bits per heavy atom. The molecule has 11 heteroatoms. The first-order valence-corrected chi connectivity index (χ1v) is 7.80. The number of ether oxygens (including phenoxy) is 2. The van der Waals surface area contributed by atoms with Gasteiger partial charge in [-0.3, -0.25) is 0 Å². The van der Waals surface area contributed by atoms with Gasteiger partial charge in [0.25, 0.3) is 0 Å². The van der Waals surface area contributed by atoms with Crippen LogP contribution in [0.15, 0.2) is 18.3 Å². The second-order valence-electron chi connectivity index (χ2n) is 4.02. The summed E-state index contributed by atoms with van der Waals surface area (Å²) in [7, 11) is -4.39. The Labute approximate surface area is 132 Å². The molecule has 1 atom stereocenters. The van der Waals surface area contributed by atoms with Gasteiger partial charge in [-0.15, -0.1) is 0 Å². The van der Waals surface area contributed by atoms with E-state index in [0.717, 1.165) is 0 Å². The minimum Gasteiger partial charge on any atom is -0.463 e. The SMILES string of the molecule is CCOC(=O)C(C)OC(=O)NS(=O)(=O)Nc1ncccc1C#N. The summed E-state index contributed by atoms with van der Waals surface area (Å²) in [5, 5.41) is 8.84. The molecule has 0 aliphatic heterocycles. The van der Waals surface area contributed by atoms with Crippen molar-refractivity contribution < 1.29 is 27.5 Å². The number of hydrogen-bond acceptors (Lipinski definition) is 8. The third kappa shape index (κ3) is 5.79. The van der Waals surface area contributed by atoms with Crippen molar-refractivity contribution in [2.24, 2.45) is 0 Å². The fourth-order valence-electron chi connectivity index (χ4n) is 1.33. The molecular weight excluding hydrogens is 328 g/mol. The van der Waals surface area contributed by atoms with Crippen molar-refractivity contribution in [2.45, 2.75) is 20.0 Å². The number of nitriles is 1. The number of pyridine rings is 1. The lowest BCUT2D eigenvalue weighted by atomic mass is 10.3. The Hall–Kier alpha value is -2.87. The highest BCUT2D eigenvalue weighted by atomic mass is 32.2. The normalized spacial score (nSPS) is 11.7. The maximum atomic E-state index is 11.8. The first-order chi connectivity index (χ1) is 10.8. The lowest BCUT2D eigenvalue weighted by molar-refractivity contribution is -0.152. The molecule has 0 fully saturated rings. The molecule has 0 saturated carbocycles. The number of amides is 1. The Bertz CT molecular complexity index is 727. The van der Waals surface area contributed by atoms with Gasteiger partial charge in [-0.05, 0) is 26.0 Å². The molecule has 1 aromatic rings. The zero-order valence-corrected chi connectivity index (χ0v) is 13.1. The maximum absolute atomic E-state index is 11.8. The standard InChI is InChI=1S/C12H14N4O6S/c1-3-21-11(17)8(2)22-12(18)16-23(19,20)15-10-9(7-13)5-4-6-14-10/h4-6,8H,3H2,1-2H3,(H,14,15)(H,16,18). The molecule has 1 heterocycles. The summed E-state index contributed by atoms with van der Waals surface area (Å²) in [6.45, 7) is 2.88. The largest absolute Gasteiger partial charge is 0.463 e. The van der Waals surface area contributed by atoms with E-state index >= 15 is 0 Å². The van der Waals surface area contributed by atoms with Crippen LogP contribution in [0.3, 0.4) is 0 Å². The lowest BCUT2D eigenvalue weighted by Gasteiger charge is -2.13. The minimum absolute atomic E-state index is 0.0360. The Kier molecular flexibility index (Phi) is 6.28. The number of nitrogens with one attached hydrogen (secondary N) is 2. The van der Waals surface area contributed by atoms with E-state index in [4.69, 9.17) is 5.26 Å². The topological polar surface area (TPSA) is 147 Å². The van der Waals surface area contributed by atoms with E-state index in [1.54, 1.807) is 13.0 Å². The van der Waals surface area contributed by atoms with Crippen molar-refractivity contribution in [3.05, 3.63) is 23.9 Å². The zero-order valence-electron chi connectivity index (χ0n) is 12.3. The molecule has 0 bridgehead atoms. The molecule has 0 aliphatic rings. The molecule has 124 valence electrons.